The number of piperazine rings is 1. The standard InChI is InChI=1S/C21H34N2O/c1-21(2)10-8-18(9-11-21)19-6-4-5-7-20(19)23-14-12-22(13-15-23)16-17-24-3/h4-7,18H,8-17H2,1-3H3. The molecular weight excluding hydrogens is 296 g/mol. The minimum Gasteiger partial charge on any atom is -0.383 e. The van der Waals surface area contributed by atoms with Crippen LogP contribution < -0.4 is 4.90 Å². The van der Waals surface area contributed by atoms with Crippen LogP contribution in [0.25, 0.3) is 0 Å². The highest BCUT2D eigenvalue weighted by Gasteiger charge is 2.29. The molecule has 0 spiro atoms. The smallest absolute Gasteiger partial charge is 0.0589 e. The van der Waals surface area contributed by atoms with Gasteiger partial charge in [0, 0.05) is 45.5 Å². The van der Waals surface area contributed by atoms with E-state index in [0.29, 0.717) is 5.41 Å². The quantitative estimate of drug-likeness (QED) is 0.807. The molecule has 2 fully saturated rings. The van der Waals surface area contributed by atoms with Crippen molar-refractivity contribution in [2.75, 3.05) is 51.3 Å². The van der Waals surface area contributed by atoms with E-state index in [1.807, 2.05) is 0 Å². The second-order valence-electron chi connectivity index (χ2n) is 8.32. The average molecular weight is 331 g/mol. The summed E-state index contributed by atoms with van der Waals surface area (Å²) >= 11 is 0. The molecule has 1 aliphatic carbocycles. The number of nitrogens with zero attached hydrogens (tertiary/aromatic N) is 2. The van der Waals surface area contributed by atoms with Gasteiger partial charge in [0.1, 0.15) is 0 Å². The third kappa shape index (κ3) is 4.31. The van der Waals surface area contributed by atoms with Gasteiger partial charge in [0.2, 0.25) is 0 Å². The number of benzene rings is 1. The van der Waals surface area contributed by atoms with Crippen LogP contribution in [0.1, 0.15) is 51.0 Å². The Morgan fingerprint density at radius 3 is 2.38 bits per heavy atom. The van der Waals surface area contributed by atoms with Crippen molar-refractivity contribution in [3.8, 4) is 0 Å². The van der Waals surface area contributed by atoms with Crippen molar-refractivity contribution in [3.63, 3.8) is 0 Å². The normalized spacial score (nSPS) is 22.7. The molecule has 2 aliphatic rings. The van der Waals surface area contributed by atoms with Crippen molar-refractivity contribution in [3.05, 3.63) is 29.8 Å². The highest BCUT2D eigenvalue weighted by molar-refractivity contribution is 5.55. The van der Waals surface area contributed by atoms with E-state index in [9.17, 15) is 0 Å². The largest absolute Gasteiger partial charge is 0.383 e. The van der Waals surface area contributed by atoms with Crippen LogP contribution in [0.15, 0.2) is 24.3 Å². The summed E-state index contributed by atoms with van der Waals surface area (Å²) in [4.78, 5) is 5.13. The first kappa shape index (κ1) is 17.8. The Morgan fingerprint density at radius 1 is 1.04 bits per heavy atom. The fourth-order valence-electron chi connectivity index (χ4n) is 4.26. The van der Waals surface area contributed by atoms with Gasteiger partial charge in [-0.25, -0.2) is 0 Å². The first-order valence-electron chi connectivity index (χ1n) is 9.64. The predicted molar refractivity (Wildman–Crippen MR) is 102 cm³/mol. The molecule has 0 unspecified atom stereocenters. The molecule has 1 aliphatic heterocycles. The summed E-state index contributed by atoms with van der Waals surface area (Å²) < 4.78 is 5.22. The van der Waals surface area contributed by atoms with Gasteiger partial charge in [0.15, 0.2) is 0 Å². The maximum atomic E-state index is 5.22. The van der Waals surface area contributed by atoms with E-state index >= 15 is 0 Å². The van der Waals surface area contributed by atoms with E-state index < -0.39 is 0 Å². The van der Waals surface area contributed by atoms with Gasteiger partial charge in [-0.15, -0.1) is 0 Å². The minimum atomic E-state index is 0.540. The van der Waals surface area contributed by atoms with Crippen LogP contribution in [0.4, 0.5) is 5.69 Å². The summed E-state index contributed by atoms with van der Waals surface area (Å²) in [5, 5.41) is 0. The topological polar surface area (TPSA) is 15.7 Å². The number of methoxy groups -OCH3 is 1. The van der Waals surface area contributed by atoms with Crippen molar-refractivity contribution in [2.24, 2.45) is 5.41 Å². The fourth-order valence-corrected chi connectivity index (χ4v) is 4.26. The van der Waals surface area contributed by atoms with Gasteiger partial charge in [-0.2, -0.15) is 0 Å². The molecule has 0 amide bonds. The van der Waals surface area contributed by atoms with Gasteiger partial charge in [-0.3, -0.25) is 4.90 Å². The van der Waals surface area contributed by atoms with Gasteiger partial charge in [-0.05, 0) is 48.6 Å². The molecule has 0 bridgehead atoms. The van der Waals surface area contributed by atoms with Gasteiger partial charge in [0.25, 0.3) is 0 Å². The maximum absolute atomic E-state index is 5.22. The zero-order valence-corrected chi connectivity index (χ0v) is 15.8. The first-order chi connectivity index (χ1) is 11.6. The molecule has 3 nitrogen and oxygen atoms in total. The van der Waals surface area contributed by atoms with Gasteiger partial charge < -0.3 is 9.64 Å². The summed E-state index contributed by atoms with van der Waals surface area (Å²) in [7, 11) is 1.79. The predicted octanol–water partition coefficient (Wildman–Crippen LogP) is 4.14. The molecule has 0 aromatic heterocycles. The summed E-state index contributed by atoms with van der Waals surface area (Å²) in [6, 6.07) is 9.17. The zero-order chi connectivity index (χ0) is 17.0. The molecule has 0 radical (unpaired) electrons. The minimum absolute atomic E-state index is 0.540. The monoisotopic (exact) mass is 330 g/mol. The molecule has 1 aromatic rings. The lowest BCUT2D eigenvalue weighted by Gasteiger charge is -2.39. The number of rotatable bonds is 5. The third-order valence-corrected chi connectivity index (χ3v) is 6.04. The summed E-state index contributed by atoms with van der Waals surface area (Å²) in [5.74, 6) is 0.751. The third-order valence-electron chi connectivity index (χ3n) is 6.04. The second kappa shape index (κ2) is 7.88. The SMILES string of the molecule is COCCN1CCN(c2ccccc2C2CCC(C)(C)CC2)CC1. The Kier molecular flexibility index (Phi) is 5.83. The Balaban J connectivity index is 1.65. The van der Waals surface area contributed by atoms with E-state index in [2.05, 4.69) is 47.9 Å². The number of para-hydroxylation sites is 1. The molecule has 1 heterocycles. The second-order valence-corrected chi connectivity index (χ2v) is 8.32. The molecular formula is C21H34N2O. The first-order valence-corrected chi connectivity index (χ1v) is 9.64. The van der Waals surface area contributed by atoms with Crippen LogP contribution in [-0.4, -0.2) is 51.3 Å². The molecule has 1 aromatic carbocycles. The molecule has 3 rings (SSSR count). The number of hydrogen-bond acceptors (Lipinski definition) is 3. The molecule has 1 saturated heterocycles. The Bertz CT molecular complexity index is 510. The van der Waals surface area contributed by atoms with Gasteiger partial charge >= 0.3 is 0 Å². The van der Waals surface area contributed by atoms with Crippen LogP contribution in [0, 0.1) is 5.41 Å². The molecule has 1 saturated carbocycles. The molecule has 0 N–H and O–H groups in total. The van der Waals surface area contributed by atoms with E-state index in [1.165, 1.54) is 31.4 Å². The van der Waals surface area contributed by atoms with E-state index in [0.717, 1.165) is 45.2 Å². The van der Waals surface area contributed by atoms with Crippen molar-refractivity contribution >= 4 is 5.69 Å². The lowest BCUT2D eigenvalue weighted by atomic mass is 9.71. The van der Waals surface area contributed by atoms with Gasteiger partial charge in [-0.1, -0.05) is 32.0 Å². The highest BCUT2D eigenvalue weighted by Crippen LogP contribution is 2.44. The molecule has 0 atom stereocenters. The van der Waals surface area contributed by atoms with Crippen LogP contribution >= 0.6 is 0 Å². The summed E-state index contributed by atoms with van der Waals surface area (Å²) in [5.41, 5.74) is 3.63. The van der Waals surface area contributed by atoms with Gasteiger partial charge in [0.05, 0.1) is 6.61 Å². The van der Waals surface area contributed by atoms with Crippen molar-refractivity contribution in [1.29, 1.82) is 0 Å². The van der Waals surface area contributed by atoms with Crippen LogP contribution in [0.5, 0.6) is 0 Å². The van der Waals surface area contributed by atoms with Crippen molar-refractivity contribution in [2.45, 2.75) is 45.4 Å². The van der Waals surface area contributed by atoms with Crippen LogP contribution in [-0.2, 0) is 4.74 Å². The fraction of sp³-hybridized carbons (Fsp3) is 0.714. The Labute approximate surface area is 148 Å². The number of ether oxygens (including phenoxy) is 1. The summed E-state index contributed by atoms with van der Waals surface area (Å²) in [6.07, 6.45) is 5.41. The highest BCUT2D eigenvalue weighted by atomic mass is 16.5. The zero-order valence-electron chi connectivity index (χ0n) is 15.8. The average Bonchev–Trinajstić information content (AvgIpc) is 2.60. The number of anilines is 1. The van der Waals surface area contributed by atoms with Crippen LogP contribution in [0.2, 0.25) is 0 Å². The number of hydrogen-bond donors (Lipinski definition) is 0. The Morgan fingerprint density at radius 2 is 1.71 bits per heavy atom. The van der Waals surface area contributed by atoms with Crippen molar-refractivity contribution in [1.82, 2.24) is 4.90 Å². The molecule has 24 heavy (non-hydrogen) atoms. The van der Waals surface area contributed by atoms with E-state index in [-0.39, 0.29) is 0 Å². The van der Waals surface area contributed by atoms with E-state index in [1.54, 1.807) is 12.7 Å². The maximum Gasteiger partial charge on any atom is 0.0589 e. The lowest BCUT2D eigenvalue weighted by molar-refractivity contribution is 0.144. The van der Waals surface area contributed by atoms with Crippen LogP contribution in [0.3, 0.4) is 0 Å². The van der Waals surface area contributed by atoms with E-state index in [4.69, 9.17) is 4.74 Å². The molecule has 3 heteroatoms. The van der Waals surface area contributed by atoms with Crippen molar-refractivity contribution < 1.29 is 4.74 Å². The summed E-state index contributed by atoms with van der Waals surface area (Å²) in [6.45, 7) is 11.3. The lowest BCUT2D eigenvalue weighted by Crippen LogP contribution is -2.47. The molecule has 134 valence electrons. The Hall–Kier alpha value is -1.06.